The fourth-order valence-electron chi connectivity index (χ4n) is 2.04. The Kier molecular flexibility index (Phi) is 3.52. The Balaban J connectivity index is 2.04. The zero-order valence-electron chi connectivity index (χ0n) is 8.62. The number of hydrogen-bond donors (Lipinski definition) is 2. The molecule has 2 rings (SSSR count). The first-order chi connectivity index (χ1) is 7.27. The number of phenols is 1. The highest BCUT2D eigenvalue weighted by Crippen LogP contribution is 2.30. The fraction of sp³-hybridized carbons (Fsp3) is 0.500. The Bertz CT molecular complexity index is 329. The summed E-state index contributed by atoms with van der Waals surface area (Å²) in [4.78, 5) is 0.519. The second-order valence-corrected chi connectivity index (χ2v) is 5.24. The third-order valence-electron chi connectivity index (χ3n) is 2.93. The van der Waals surface area contributed by atoms with E-state index in [1.54, 1.807) is 6.07 Å². The van der Waals surface area contributed by atoms with Crippen LogP contribution in [0.5, 0.6) is 5.75 Å². The molecule has 2 unspecified atom stereocenters. The highest BCUT2D eigenvalue weighted by atomic mass is 79.9. The van der Waals surface area contributed by atoms with Crippen molar-refractivity contribution in [1.29, 1.82) is 0 Å². The van der Waals surface area contributed by atoms with Gasteiger partial charge < -0.3 is 10.4 Å². The monoisotopic (exact) mass is 269 g/mol. The lowest BCUT2D eigenvalue weighted by Crippen LogP contribution is -2.32. The van der Waals surface area contributed by atoms with Crippen LogP contribution in [-0.2, 0) is 0 Å². The van der Waals surface area contributed by atoms with Crippen LogP contribution < -0.4 is 5.32 Å². The van der Waals surface area contributed by atoms with Crippen molar-refractivity contribution in [2.24, 2.45) is 0 Å². The van der Waals surface area contributed by atoms with Crippen LogP contribution in [0.2, 0.25) is 0 Å². The highest BCUT2D eigenvalue weighted by molar-refractivity contribution is 9.09. The molecule has 1 saturated carbocycles. The first-order valence-electron chi connectivity index (χ1n) is 5.46. The molecule has 0 saturated heterocycles. The molecule has 1 aliphatic carbocycles. The predicted octanol–water partition coefficient (Wildman–Crippen LogP) is 3.51. The first kappa shape index (κ1) is 10.8. The summed E-state index contributed by atoms with van der Waals surface area (Å²) in [6.45, 7) is 0. The Hall–Kier alpha value is -0.700. The molecule has 15 heavy (non-hydrogen) atoms. The van der Waals surface area contributed by atoms with Crippen LogP contribution in [0, 0.1) is 0 Å². The molecule has 82 valence electrons. The zero-order valence-corrected chi connectivity index (χ0v) is 10.2. The van der Waals surface area contributed by atoms with E-state index in [0.29, 0.717) is 16.6 Å². The minimum Gasteiger partial charge on any atom is -0.506 e. The van der Waals surface area contributed by atoms with Gasteiger partial charge in [0.2, 0.25) is 0 Å². The molecule has 0 radical (unpaired) electrons. The molecule has 1 aromatic rings. The SMILES string of the molecule is Oc1ccccc1NC1CCCCC1Br. The van der Waals surface area contributed by atoms with Crippen molar-refractivity contribution in [3.8, 4) is 5.75 Å². The van der Waals surface area contributed by atoms with Gasteiger partial charge in [0.05, 0.1) is 5.69 Å². The van der Waals surface area contributed by atoms with Crippen molar-refractivity contribution in [1.82, 2.24) is 0 Å². The summed E-state index contributed by atoms with van der Waals surface area (Å²) < 4.78 is 0. The smallest absolute Gasteiger partial charge is 0.138 e. The summed E-state index contributed by atoms with van der Waals surface area (Å²) >= 11 is 3.69. The van der Waals surface area contributed by atoms with Crippen LogP contribution in [0.25, 0.3) is 0 Å². The van der Waals surface area contributed by atoms with Gasteiger partial charge in [-0.15, -0.1) is 0 Å². The van der Waals surface area contributed by atoms with Gasteiger partial charge >= 0.3 is 0 Å². The molecule has 3 heteroatoms. The van der Waals surface area contributed by atoms with Crippen LogP contribution >= 0.6 is 15.9 Å². The highest BCUT2D eigenvalue weighted by Gasteiger charge is 2.22. The molecule has 2 atom stereocenters. The number of rotatable bonds is 2. The molecule has 0 aliphatic heterocycles. The number of para-hydroxylation sites is 2. The molecule has 2 nitrogen and oxygen atoms in total. The minimum atomic E-state index is 0.336. The maximum atomic E-state index is 9.65. The van der Waals surface area contributed by atoms with Crippen LogP contribution in [0.1, 0.15) is 25.7 Å². The van der Waals surface area contributed by atoms with E-state index in [2.05, 4.69) is 21.2 Å². The molecular formula is C12H16BrNO. The summed E-state index contributed by atoms with van der Waals surface area (Å²) in [5.41, 5.74) is 0.842. The van der Waals surface area contributed by atoms with Crippen molar-refractivity contribution in [3.63, 3.8) is 0 Å². The minimum absolute atomic E-state index is 0.336. The van der Waals surface area contributed by atoms with Crippen molar-refractivity contribution >= 4 is 21.6 Å². The molecule has 1 aromatic carbocycles. The Morgan fingerprint density at radius 1 is 1.20 bits per heavy atom. The van der Waals surface area contributed by atoms with Gasteiger partial charge in [-0.05, 0) is 25.0 Å². The Morgan fingerprint density at radius 2 is 1.93 bits per heavy atom. The van der Waals surface area contributed by atoms with Crippen molar-refractivity contribution in [2.45, 2.75) is 36.6 Å². The van der Waals surface area contributed by atoms with E-state index < -0.39 is 0 Å². The average molecular weight is 270 g/mol. The number of anilines is 1. The Morgan fingerprint density at radius 3 is 2.67 bits per heavy atom. The summed E-state index contributed by atoms with van der Waals surface area (Å²) in [5.74, 6) is 0.336. The molecule has 0 spiro atoms. The lowest BCUT2D eigenvalue weighted by molar-refractivity contribution is 0.463. The standard InChI is InChI=1S/C12H16BrNO/c13-9-5-1-2-6-10(9)14-11-7-3-4-8-12(11)15/h3-4,7-10,14-15H,1-2,5-6H2. The third kappa shape index (κ3) is 2.65. The van der Waals surface area contributed by atoms with Gasteiger partial charge in [-0.1, -0.05) is 40.9 Å². The number of benzene rings is 1. The summed E-state index contributed by atoms with van der Waals surface area (Å²) in [6.07, 6.45) is 4.96. The van der Waals surface area contributed by atoms with Crippen molar-refractivity contribution in [3.05, 3.63) is 24.3 Å². The number of phenolic OH excluding ortho intramolecular Hbond substituents is 1. The average Bonchev–Trinajstić information content (AvgIpc) is 2.24. The van der Waals surface area contributed by atoms with Gasteiger partial charge in [-0.3, -0.25) is 0 Å². The van der Waals surface area contributed by atoms with E-state index in [0.717, 1.165) is 5.69 Å². The maximum absolute atomic E-state index is 9.65. The van der Waals surface area contributed by atoms with Gasteiger partial charge in [-0.2, -0.15) is 0 Å². The number of nitrogens with one attached hydrogen (secondary N) is 1. The van der Waals surface area contributed by atoms with E-state index in [4.69, 9.17) is 0 Å². The molecule has 0 heterocycles. The third-order valence-corrected chi connectivity index (χ3v) is 4.02. The van der Waals surface area contributed by atoms with E-state index in [1.807, 2.05) is 18.2 Å². The van der Waals surface area contributed by atoms with E-state index in [1.165, 1.54) is 25.7 Å². The number of aromatic hydroxyl groups is 1. The largest absolute Gasteiger partial charge is 0.506 e. The zero-order chi connectivity index (χ0) is 10.7. The van der Waals surface area contributed by atoms with Gasteiger partial charge in [0, 0.05) is 10.9 Å². The summed E-state index contributed by atoms with van der Waals surface area (Å²) in [7, 11) is 0. The summed E-state index contributed by atoms with van der Waals surface area (Å²) in [6, 6.07) is 7.85. The lowest BCUT2D eigenvalue weighted by atomic mass is 9.95. The topological polar surface area (TPSA) is 32.3 Å². The molecule has 2 N–H and O–H groups in total. The van der Waals surface area contributed by atoms with Gasteiger partial charge in [0.25, 0.3) is 0 Å². The number of halogens is 1. The van der Waals surface area contributed by atoms with Crippen molar-refractivity contribution in [2.75, 3.05) is 5.32 Å². The van der Waals surface area contributed by atoms with Gasteiger partial charge in [0.15, 0.2) is 0 Å². The molecule has 1 aliphatic rings. The normalized spacial score (nSPS) is 26.2. The molecule has 0 amide bonds. The van der Waals surface area contributed by atoms with Crippen LogP contribution in [0.3, 0.4) is 0 Å². The van der Waals surface area contributed by atoms with E-state index in [-0.39, 0.29) is 0 Å². The Labute approximate surface area is 98.8 Å². The van der Waals surface area contributed by atoms with Gasteiger partial charge in [0.1, 0.15) is 5.75 Å². The van der Waals surface area contributed by atoms with Crippen LogP contribution in [0.4, 0.5) is 5.69 Å². The predicted molar refractivity (Wildman–Crippen MR) is 66.7 cm³/mol. The fourth-order valence-corrected chi connectivity index (χ4v) is 2.76. The van der Waals surface area contributed by atoms with Crippen LogP contribution in [0.15, 0.2) is 24.3 Å². The second-order valence-electron chi connectivity index (χ2n) is 4.07. The molecule has 0 aromatic heterocycles. The van der Waals surface area contributed by atoms with Crippen LogP contribution in [-0.4, -0.2) is 16.0 Å². The van der Waals surface area contributed by atoms with E-state index in [9.17, 15) is 5.11 Å². The lowest BCUT2D eigenvalue weighted by Gasteiger charge is -2.29. The maximum Gasteiger partial charge on any atom is 0.138 e. The number of alkyl halides is 1. The summed E-state index contributed by atoms with van der Waals surface area (Å²) in [5, 5.41) is 13.1. The van der Waals surface area contributed by atoms with Gasteiger partial charge in [-0.25, -0.2) is 0 Å². The molecule has 0 bridgehead atoms. The molecule has 1 fully saturated rings. The first-order valence-corrected chi connectivity index (χ1v) is 6.37. The number of hydrogen-bond acceptors (Lipinski definition) is 2. The van der Waals surface area contributed by atoms with E-state index >= 15 is 0 Å². The second kappa shape index (κ2) is 4.88. The quantitative estimate of drug-likeness (QED) is 0.636. The molecular weight excluding hydrogens is 254 g/mol. The van der Waals surface area contributed by atoms with Crippen molar-refractivity contribution < 1.29 is 5.11 Å².